The minimum atomic E-state index is -0.751. The average molecular weight is 558 g/mol. The topological polar surface area (TPSA) is 83.6 Å². The van der Waals surface area contributed by atoms with Crippen LogP contribution in [0, 0.1) is 10.1 Å². The Bertz CT molecular complexity index is 429. The summed E-state index contributed by atoms with van der Waals surface area (Å²) in [7, 11) is 0. The normalized spacial score (nSPS) is 11.8. The molecule has 0 aliphatic heterocycles. The zero-order chi connectivity index (χ0) is 29.1. The predicted octanol–water partition coefficient (Wildman–Crippen LogP) is 11.0. The third-order valence-electron chi connectivity index (χ3n) is 7.91. The molecule has 0 bridgehead atoms. The molecule has 5 heteroatoms. The SMILES string of the molecule is CCCCCCCCCCCCCC(CO)[N+](=O)[O-].CCCCCCCCCCCCCCCCCCCO. The maximum absolute atomic E-state index is 10.5. The Morgan fingerprint density at radius 3 is 0.949 bits per heavy atom. The van der Waals surface area contributed by atoms with Crippen LogP contribution in [-0.4, -0.2) is 34.4 Å². The van der Waals surface area contributed by atoms with Crippen LogP contribution in [0.25, 0.3) is 0 Å². The summed E-state index contributed by atoms with van der Waals surface area (Å²) in [6.45, 7) is 4.57. The van der Waals surface area contributed by atoms with Crippen molar-refractivity contribution >= 4 is 0 Å². The molecule has 1 atom stereocenters. The highest BCUT2D eigenvalue weighted by Crippen LogP contribution is 2.15. The minimum Gasteiger partial charge on any atom is -0.396 e. The number of aliphatic hydroxyl groups is 2. The number of aliphatic hydroxyl groups excluding tert-OH is 2. The minimum absolute atomic E-state index is 0.329. The van der Waals surface area contributed by atoms with Gasteiger partial charge in [-0.1, -0.05) is 181 Å². The first-order chi connectivity index (χ1) is 19.1. The van der Waals surface area contributed by atoms with Crippen LogP contribution in [0.2, 0.25) is 0 Å². The zero-order valence-corrected chi connectivity index (χ0v) is 26.7. The van der Waals surface area contributed by atoms with Gasteiger partial charge in [0.2, 0.25) is 6.04 Å². The van der Waals surface area contributed by atoms with E-state index in [0.29, 0.717) is 13.0 Å². The fourth-order valence-electron chi connectivity index (χ4n) is 5.14. The summed E-state index contributed by atoms with van der Waals surface area (Å²) < 4.78 is 0. The smallest absolute Gasteiger partial charge is 0.235 e. The van der Waals surface area contributed by atoms with Gasteiger partial charge in [0.15, 0.2) is 0 Å². The molecule has 0 aliphatic carbocycles. The van der Waals surface area contributed by atoms with Crippen molar-refractivity contribution in [3.05, 3.63) is 10.1 Å². The van der Waals surface area contributed by atoms with Crippen molar-refractivity contribution in [2.24, 2.45) is 0 Å². The van der Waals surface area contributed by atoms with Crippen molar-refractivity contribution in [1.82, 2.24) is 0 Å². The van der Waals surface area contributed by atoms with Gasteiger partial charge in [-0.25, -0.2) is 0 Å². The molecule has 0 aliphatic rings. The summed E-state index contributed by atoms with van der Waals surface area (Å²) in [6.07, 6.45) is 37.9. The van der Waals surface area contributed by atoms with E-state index < -0.39 is 6.04 Å². The number of unbranched alkanes of at least 4 members (excludes halogenated alkanes) is 26. The van der Waals surface area contributed by atoms with E-state index in [9.17, 15) is 10.1 Å². The Hall–Kier alpha value is -0.680. The second kappa shape index (κ2) is 37.3. The van der Waals surface area contributed by atoms with E-state index >= 15 is 0 Å². The van der Waals surface area contributed by atoms with Gasteiger partial charge < -0.3 is 10.2 Å². The number of nitro groups is 1. The third kappa shape index (κ3) is 37.3. The highest BCUT2D eigenvalue weighted by molar-refractivity contribution is 4.55. The highest BCUT2D eigenvalue weighted by Gasteiger charge is 2.17. The fourth-order valence-corrected chi connectivity index (χ4v) is 5.14. The number of hydrogen-bond donors (Lipinski definition) is 2. The largest absolute Gasteiger partial charge is 0.396 e. The molecule has 0 aromatic carbocycles. The molecule has 0 rings (SSSR count). The van der Waals surface area contributed by atoms with Gasteiger partial charge in [0.25, 0.3) is 0 Å². The summed E-state index contributed by atoms with van der Waals surface area (Å²) in [5.74, 6) is 0. The van der Waals surface area contributed by atoms with Crippen LogP contribution in [0.1, 0.15) is 200 Å². The van der Waals surface area contributed by atoms with Crippen molar-refractivity contribution in [2.75, 3.05) is 13.2 Å². The lowest BCUT2D eigenvalue weighted by atomic mass is 10.0. The molecule has 39 heavy (non-hydrogen) atoms. The van der Waals surface area contributed by atoms with E-state index in [-0.39, 0.29) is 11.5 Å². The zero-order valence-electron chi connectivity index (χ0n) is 26.7. The van der Waals surface area contributed by atoms with E-state index in [2.05, 4.69) is 13.8 Å². The summed E-state index contributed by atoms with van der Waals surface area (Å²) in [5, 5.41) is 28.0. The van der Waals surface area contributed by atoms with Gasteiger partial charge >= 0.3 is 0 Å². The van der Waals surface area contributed by atoms with Crippen molar-refractivity contribution in [2.45, 2.75) is 206 Å². The summed E-state index contributed by atoms with van der Waals surface area (Å²) >= 11 is 0. The van der Waals surface area contributed by atoms with Crippen molar-refractivity contribution in [3.8, 4) is 0 Å². The molecule has 0 fully saturated rings. The van der Waals surface area contributed by atoms with Gasteiger partial charge in [0.05, 0.1) is 0 Å². The van der Waals surface area contributed by atoms with E-state index in [4.69, 9.17) is 10.2 Å². The molecule has 0 aromatic heterocycles. The molecule has 0 saturated heterocycles. The lowest BCUT2D eigenvalue weighted by Crippen LogP contribution is -2.23. The van der Waals surface area contributed by atoms with Crippen LogP contribution >= 0.6 is 0 Å². The Labute approximate surface area is 244 Å². The van der Waals surface area contributed by atoms with Crippen LogP contribution < -0.4 is 0 Å². The maximum atomic E-state index is 10.5. The van der Waals surface area contributed by atoms with E-state index in [1.807, 2.05) is 0 Å². The summed E-state index contributed by atoms with van der Waals surface area (Å²) in [4.78, 5) is 10.1. The van der Waals surface area contributed by atoms with E-state index in [1.165, 1.54) is 161 Å². The molecule has 0 amide bonds. The first-order valence-electron chi connectivity index (χ1n) is 17.5. The molecule has 1 unspecified atom stereocenters. The molecule has 0 aromatic rings. The van der Waals surface area contributed by atoms with Gasteiger partial charge in [0.1, 0.15) is 6.61 Å². The Morgan fingerprint density at radius 1 is 0.462 bits per heavy atom. The molecule has 0 heterocycles. The monoisotopic (exact) mass is 558 g/mol. The van der Waals surface area contributed by atoms with Crippen LogP contribution in [0.15, 0.2) is 0 Å². The first kappa shape index (κ1) is 40.5. The van der Waals surface area contributed by atoms with Crippen LogP contribution in [0.3, 0.4) is 0 Å². The average Bonchev–Trinajstić information content (AvgIpc) is 2.93. The Morgan fingerprint density at radius 2 is 0.718 bits per heavy atom. The Balaban J connectivity index is 0. The predicted molar refractivity (Wildman–Crippen MR) is 170 cm³/mol. The number of rotatable bonds is 31. The third-order valence-corrected chi connectivity index (χ3v) is 7.91. The van der Waals surface area contributed by atoms with Crippen molar-refractivity contribution in [3.63, 3.8) is 0 Å². The fraction of sp³-hybridized carbons (Fsp3) is 1.00. The first-order valence-corrected chi connectivity index (χ1v) is 17.5. The molecular formula is C34H71NO4. The van der Waals surface area contributed by atoms with E-state index in [1.54, 1.807) is 0 Å². The van der Waals surface area contributed by atoms with E-state index in [0.717, 1.165) is 19.3 Å². The lowest BCUT2D eigenvalue weighted by molar-refractivity contribution is -0.526. The molecular weight excluding hydrogens is 486 g/mol. The maximum Gasteiger partial charge on any atom is 0.235 e. The van der Waals surface area contributed by atoms with Crippen LogP contribution in [-0.2, 0) is 0 Å². The molecule has 0 saturated carbocycles. The van der Waals surface area contributed by atoms with Gasteiger partial charge in [-0.3, -0.25) is 10.1 Å². The van der Waals surface area contributed by atoms with Gasteiger partial charge in [-0.05, 0) is 12.8 Å². The molecule has 5 nitrogen and oxygen atoms in total. The highest BCUT2D eigenvalue weighted by atomic mass is 16.6. The van der Waals surface area contributed by atoms with Crippen LogP contribution in [0.4, 0.5) is 0 Å². The summed E-state index contributed by atoms with van der Waals surface area (Å²) in [5.41, 5.74) is 0. The molecule has 2 N–H and O–H groups in total. The summed E-state index contributed by atoms with van der Waals surface area (Å²) in [6, 6.07) is -0.751. The molecule has 236 valence electrons. The second-order valence-electron chi connectivity index (χ2n) is 11.8. The van der Waals surface area contributed by atoms with Crippen molar-refractivity contribution in [1.29, 1.82) is 0 Å². The van der Waals surface area contributed by atoms with Gasteiger partial charge in [0, 0.05) is 18.0 Å². The molecule has 0 spiro atoms. The standard InChI is InChI=1S/C19H40O.C15H31NO3/c1-2-3-4-5-6-7-8-9-10-11-12-13-14-15-16-17-18-19-20;1-2-3-4-5-6-7-8-9-10-11-12-13-15(14-17)16(18)19/h20H,2-19H2,1H3;15,17H,2-14H2,1H3. The van der Waals surface area contributed by atoms with Gasteiger partial charge in [-0.15, -0.1) is 0 Å². The second-order valence-corrected chi connectivity index (χ2v) is 11.8. The lowest BCUT2D eigenvalue weighted by Gasteiger charge is -2.06. The Kier molecular flexibility index (Phi) is 38.7. The van der Waals surface area contributed by atoms with Gasteiger partial charge in [-0.2, -0.15) is 0 Å². The quantitative estimate of drug-likeness (QED) is 0.0504. The number of hydrogen-bond acceptors (Lipinski definition) is 4. The number of nitrogens with zero attached hydrogens (tertiary/aromatic N) is 1. The van der Waals surface area contributed by atoms with Crippen LogP contribution in [0.5, 0.6) is 0 Å². The molecule has 0 radical (unpaired) electrons. The van der Waals surface area contributed by atoms with Crippen molar-refractivity contribution < 1.29 is 15.1 Å².